The highest BCUT2D eigenvalue weighted by Crippen LogP contribution is 2.21. The zero-order valence-electron chi connectivity index (χ0n) is 8.13. The lowest BCUT2D eigenvalue weighted by molar-refractivity contribution is 0.267. The zero-order valence-corrected chi connectivity index (χ0v) is 8.13. The summed E-state index contributed by atoms with van der Waals surface area (Å²) < 4.78 is 5.48. The van der Waals surface area contributed by atoms with E-state index < -0.39 is 0 Å². The maximum atomic E-state index is 5.48. The van der Waals surface area contributed by atoms with Crippen LogP contribution in [0.4, 0.5) is 0 Å². The van der Waals surface area contributed by atoms with Crippen molar-refractivity contribution in [2.45, 2.75) is 32.7 Å². The number of rotatable bonds is 3. The molecule has 0 aromatic heterocycles. The molecule has 1 aliphatic rings. The van der Waals surface area contributed by atoms with E-state index in [0.717, 1.165) is 12.3 Å². The Bertz CT molecular complexity index is 206. The summed E-state index contributed by atoms with van der Waals surface area (Å²) >= 11 is 0. The molecule has 0 saturated heterocycles. The summed E-state index contributed by atoms with van der Waals surface area (Å²) in [6, 6.07) is 0. The van der Waals surface area contributed by atoms with Gasteiger partial charge in [0.1, 0.15) is 6.61 Å². The molecule has 1 atom stereocenters. The van der Waals surface area contributed by atoms with E-state index in [1.54, 1.807) is 0 Å². The molecule has 0 aromatic carbocycles. The topological polar surface area (TPSA) is 21.6 Å². The van der Waals surface area contributed by atoms with Crippen LogP contribution in [-0.4, -0.2) is 18.0 Å². The van der Waals surface area contributed by atoms with Crippen LogP contribution in [-0.2, 0) is 4.74 Å². The zero-order chi connectivity index (χ0) is 9.19. The van der Waals surface area contributed by atoms with E-state index in [0.29, 0.717) is 12.5 Å². The number of ether oxygens (including phenoxy) is 1. The van der Waals surface area contributed by atoms with Crippen LogP contribution in [0.1, 0.15) is 27.2 Å². The lowest BCUT2D eigenvalue weighted by Gasteiger charge is -2.08. The maximum absolute atomic E-state index is 5.48. The van der Waals surface area contributed by atoms with Crippen molar-refractivity contribution in [3.05, 3.63) is 12.7 Å². The van der Waals surface area contributed by atoms with E-state index in [2.05, 4.69) is 32.3 Å². The molecule has 0 spiro atoms. The van der Waals surface area contributed by atoms with Crippen LogP contribution in [0.2, 0.25) is 0 Å². The van der Waals surface area contributed by atoms with Crippen molar-refractivity contribution in [2.75, 3.05) is 6.61 Å². The van der Waals surface area contributed by atoms with E-state index in [1.165, 1.54) is 0 Å². The summed E-state index contributed by atoms with van der Waals surface area (Å²) in [6.45, 7) is 10.7. The molecule has 0 fully saturated rings. The predicted octanol–water partition coefficient (Wildman–Crippen LogP) is 2.41. The van der Waals surface area contributed by atoms with Crippen LogP contribution in [0, 0.1) is 5.92 Å². The highest BCUT2D eigenvalue weighted by molar-refractivity contribution is 5.80. The normalized spacial score (nSPS) is 22.8. The van der Waals surface area contributed by atoms with Crippen LogP contribution >= 0.6 is 0 Å². The molecular formula is C10H17NO. The van der Waals surface area contributed by atoms with Crippen LogP contribution < -0.4 is 0 Å². The van der Waals surface area contributed by atoms with Crippen LogP contribution in [0.3, 0.4) is 0 Å². The second-order valence-electron chi connectivity index (χ2n) is 3.98. The van der Waals surface area contributed by atoms with Gasteiger partial charge in [-0.05, 0) is 20.3 Å². The van der Waals surface area contributed by atoms with Gasteiger partial charge in [-0.3, -0.25) is 0 Å². The van der Waals surface area contributed by atoms with Gasteiger partial charge >= 0.3 is 0 Å². The third kappa shape index (κ3) is 2.10. The SMILES string of the molecule is C=CC[C@H](C)C1=NC(C)(C)CO1. The third-order valence-corrected chi connectivity index (χ3v) is 1.93. The molecule has 0 N–H and O–H groups in total. The average Bonchev–Trinajstić information content (AvgIpc) is 2.31. The smallest absolute Gasteiger partial charge is 0.187 e. The molecule has 1 rings (SSSR count). The third-order valence-electron chi connectivity index (χ3n) is 1.93. The molecule has 0 unspecified atom stereocenters. The van der Waals surface area contributed by atoms with Crippen molar-refractivity contribution >= 4 is 5.90 Å². The van der Waals surface area contributed by atoms with Gasteiger partial charge in [-0.2, -0.15) is 0 Å². The van der Waals surface area contributed by atoms with Gasteiger partial charge < -0.3 is 4.74 Å². The first-order valence-electron chi connectivity index (χ1n) is 4.38. The molecule has 2 nitrogen and oxygen atoms in total. The van der Waals surface area contributed by atoms with Gasteiger partial charge in [0.25, 0.3) is 0 Å². The Morgan fingerprint density at radius 3 is 2.83 bits per heavy atom. The van der Waals surface area contributed by atoms with Gasteiger partial charge in [0, 0.05) is 5.92 Å². The Hall–Kier alpha value is -0.790. The monoisotopic (exact) mass is 167 g/mol. The van der Waals surface area contributed by atoms with Crippen LogP contribution in [0.25, 0.3) is 0 Å². The minimum absolute atomic E-state index is 0.0231. The molecule has 0 saturated carbocycles. The predicted molar refractivity (Wildman–Crippen MR) is 51.4 cm³/mol. The van der Waals surface area contributed by atoms with Gasteiger partial charge in [-0.1, -0.05) is 13.0 Å². The fraction of sp³-hybridized carbons (Fsp3) is 0.700. The Kier molecular flexibility index (Phi) is 2.55. The highest BCUT2D eigenvalue weighted by atomic mass is 16.5. The van der Waals surface area contributed by atoms with E-state index >= 15 is 0 Å². The molecule has 1 heterocycles. The molecular weight excluding hydrogens is 150 g/mol. The Balaban J connectivity index is 2.59. The van der Waals surface area contributed by atoms with Crippen molar-refractivity contribution in [3.63, 3.8) is 0 Å². The molecule has 12 heavy (non-hydrogen) atoms. The second-order valence-corrected chi connectivity index (χ2v) is 3.98. The lowest BCUT2D eigenvalue weighted by Crippen LogP contribution is -2.17. The highest BCUT2D eigenvalue weighted by Gasteiger charge is 2.28. The maximum Gasteiger partial charge on any atom is 0.187 e. The summed E-state index contributed by atoms with van der Waals surface area (Å²) in [7, 11) is 0. The van der Waals surface area contributed by atoms with Crippen molar-refractivity contribution < 1.29 is 4.74 Å². The van der Waals surface area contributed by atoms with Crippen molar-refractivity contribution in [2.24, 2.45) is 10.9 Å². The fourth-order valence-electron chi connectivity index (χ4n) is 1.22. The molecule has 0 amide bonds. The van der Waals surface area contributed by atoms with Crippen molar-refractivity contribution in [1.29, 1.82) is 0 Å². The number of allylic oxidation sites excluding steroid dienone is 1. The van der Waals surface area contributed by atoms with Gasteiger partial charge in [-0.15, -0.1) is 6.58 Å². The first-order valence-corrected chi connectivity index (χ1v) is 4.38. The molecule has 0 aromatic rings. The van der Waals surface area contributed by atoms with Gasteiger partial charge in [0.2, 0.25) is 0 Å². The second kappa shape index (κ2) is 3.30. The summed E-state index contributed by atoms with van der Waals surface area (Å²) in [5.41, 5.74) is -0.0231. The standard InChI is InChI=1S/C10H17NO/c1-5-6-8(2)9-11-10(3,4)7-12-9/h5,8H,1,6-7H2,2-4H3/t8-/m0/s1. The Morgan fingerprint density at radius 2 is 2.42 bits per heavy atom. The molecule has 0 radical (unpaired) electrons. The lowest BCUT2D eigenvalue weighted by atomic mass is 10.1. The first-order chi connectivity index (χ1) is 5.55. The Morgan fingerprint density at radius 1 is 1.75 bits per heavy atom. The number of nitrogens with zero attached hydrogens (tertiary/aromatic N) is 1. The Labute approximate surface area is 74.3 Å². The molecule has 68 valence electrons. The van der Waals surface area contributed by atoms with Crippen LogP contribution in [0.5, 0.6) is 0 Å². The van der Waals surface area contributed by atoms with Gasteiger partial charge in [0.15, 0.2) is 5.90 Å². The minimum atomic E-state index is -0.0231. The van der Waals surface area contributed by atoms with Crippen LogP contribution in [0.15, 0.2) is 17.6 Å². The molecule has 1 aliphatic heterocycles. The van der Waals surface area contributed by atoms with Gasteiger partial charge in [0.05, 0.1) is 5.54 Å². The van der Waals surface area contributed by atoms with Gasteiger partial charge in [-0.25, -0.2) is 4.99 Å². The molecule has 2 heteroatoms. The largest absolute Gasteiger partial charge is 0.478 e. The summed E-state index contributed by atoms with van der Waals surface area (Å²) in [5, 5.41) is 0. The summed E-state index contributed by atoms with van der Waals surface area (Å²) in [6.07, 6.45) is 2.84. The number of hydrogen-bond donors (Lipinski definition) is 0. The van der Waals surface area contributed by atoms with Crippen molar-refractivity contribution in [1.82, 2.24) is 0 Å². The minimum Gasteiger partial charge on any atom is -0.478 e. The first kappa shape index (κ1) is 9.30. The molecule has 0 bridgehead atoms. The van der Waals surface area contributed by atoms with E-state index in [9.17, 15) is 0 Å². The number of hydrogen-bond acceptors (Lipinski definition) is 2. The van der Waals surface area contributed by atoms with E-state index in [1.807, 2.05) is 6.08 Å². The average molecular weight is 167 g/mol. The quantitative estimate of drug-likeness (QED) is 0.591. The van der Waals surface area contributed by atoms with E-state index in [4.69, 9.17) is 4.74 Å². The summed E-state index contributed by atoms with van der Waals surface area (Å²) in [5.74, 6) is 1.27. The number of aliphatic imine (C=N–C) groups is 1. The summed E-state index contributed by atoms with van der Waals surface area (Å²) in [4.78, 5) is 4.49. The fourth-order valence-corrected chi connectivity index (χ4v) is 1.22. The van der Waals surface area contributed by atoms with Crippen molar-refractivity contribution in [3.8, 4) is 0 Å². The van der Waals surface area contributed by atoms with E-state index in [-0.39, 0.29) is 5.54 Å². The molecule has 0 aliphatic carbocycles.